The van der Waals surface area contributed by atoms with Crippen molar-refractivity contribution in [3.05, 3.63) is 82.0 Å². The summed E-state index contributed by atoms with van der Waals surface area (Å²) in [5.74, 6) is -0.231. The molecule has 0 saturated carbocycles. The normalized spacial score (nSPS) is 11.5. The second-order valence-corrected chi connectivity index (χ2v) is 7.56. The number of hydrogen-bond acceptors (Lipinski definition) is 4. The Bertz CT molecular complexity index is 936. The van der Waals surface area contributed by atoms with Gasteiger partial charge in [-0.1, -0.05) is 47.6 Å². The first kappa shape index (κ1) is 23.0. The second kappa shape index (κ2) is 11.1. The van der Waals surface area contributed by atoms with Gasteiger partial charge in [-0.25, -0.2) is 4.79 Å². The second-order valence-electron chi connectivity index (χ2n) is 7.56. The third kappa shape index (κ3) is 6.96. The van der Waals surface area contributed by atoms with E-state index in [1.807, 2.05) is 12.2 Å². The number of methoxy groups -OCH3 is 1. The fourth-order valence-electron chi connectivity index (χ4n) is 2.98. The van der Waals surface area contributed by atoms with Gasteiger partial charge in [0.25, 0.3) is 0 Å². The molecule has 2 N–H and O–H groups in total. The van der Waals surface area contributed by atoms with Crippen molar-refractivity contribution in [3.63, 3.8) is 0 Å². The van der Waals surface area contributed by atoms with E-state index in [4.69, 9.17) is 0 Å². The fraction of sp³-hybridized carbons (Fsp3) is 0.269. The smallest absolute Gasteiger partial charge is 0.337 e. The number of phenols is 2. The molecule has 0 aliphatic heterocycles. The third-order valence-electron chi connectivity index (χ3n) is 4.77. The lowest BCUT2D eigenvalue weighted by atomic mass is 10.0. The monoisotopic (exact) mass is 406 g/mol. The molecule has 158 valence electrons. The number of aromatic hydroxyl groups is 2. The quantitative estimate of drug-likeness (QED) is 0.307. The van der Waals surface area contributed by atoms with Crippen molar-refractivity contribution in [2.45, 2.75) is 40.0 Å². The minimum Gasteiger partial charge on any atom is -0.507 e. The molecule has 0 heterocycles. The molecule has 0 saturated heterocycles. The van der Waals surface area contributed by atoms with E-state index < -0.39 is 0 Å². The molecule has 0 radical (unpaired) electrons. The average Bonchev–Trinajstić information content (AvgIpc) is 2.71. The van der Waals surface area contributed by atoms with Crippen LogP contribution in [0.4, 0.5) is 0 Å². The summed E-state index contributed by atoms with van der Waals surface area (Å²) in [7, 11) is 1.35. The Labute approximate surface area is 178 Å². The molecule has 2 aromatic carbocycles. The molecule has 0 spiro atoms. The van der Waals surface area contributed by atoms with E-state index in [2.05, 4.69) is 31.6 Å². The van der Waals surface area contributed by atoms with Crippen LogP contribution in [0.1, 0.15) is 60.7 Å². The van der Waals surface area contributed by atoms with E-state index >= 15 is 0 Å². The highest BCUT2D eigenvalue weighted by atomic mass is 16.5. The van der Waals surface area contributed by atoms with Gasteiger partial charge in [0.1, 0.15) is 11.5 Å². The Morgan fingerprint density at radius 1 is 0.933 bits per heavy atom. The van der Waals surface area contributed by atoms with E-state index in [1.165, 1.54) is 18.3 Å². The van der Waals surface area contributed by atoms with Crippen LogP contribution in [-0.2, 0) is 11.2 Å². The maximum Gasteiger partial charge on any atom is 0.337 e. The summed E-state index contributed by atoms with van der Waals surface area (Å²) in [6.45, 7) is 6.24. The van der Waals surface area contributed by atoms with E-state index in [0.717, 1.165) is 18.4 Å². The molecule has 4 nitrogen and oxygen atoms in total. The predicted molar refractivity (Wildman–Crippen MR) is 123 cm³/mol. The summed E-state index contributed by atoms with van der Waals surface area (Å²) in [5.41, 5.74) is 5.12. The predicted octanol–water partition coefficient (Wildman–Crippen LogP) is 6.29. The molecular weight excluding hydrogens is 376 g/mol. The van der Waals surface area contributed by atoms with E-state index in [0.29, 0.717) is 23.1 Å². The lowest BCUT2D eigenvalue weighted by molar-refractivity contribution is 0.0600. The Morgan fingerprint density at radius 3 is 2.10 bits per heavy atom. The lowest BCUT2D eigenvalue weighted by Gasteiger charge is -2.08. The number of hydrogen-bond donors (Lipinski definition) is 2. The number of ether oxygens (including phenoxy) is 1. The zero-order valence-electron chi connectivity index (χ0n) is 18.1. The van der Waals surface area contributed by atoms with Crippen molar-refractivity contribution in [2.75, 3.05) is 7.11 Å². The van der Waals surface area contributed by atoms with Crippen LogP contribution < -0.4 is 0 Å². The Hall–Kier alpha value is -3.27. The number of benzene rings is 2. The maximum absolute atomic E-state index is 11.5. The Kier molecular flexibility index (Phi) is 8.48. The fourth-order valence-corrected chi connectivity index (χ4v) is 2.98. The highest BCUT2D eigenvalue weighted by molar-refractivity contribution is 5.89. The van der Waals surface area contributed by atoms with Crippen LogP contribution in [0, 0.1) is 0 Å². The zero-order valence-corrected chi connectivity index (χ0v) is 18.1. The molecule has 30 heavy (non-hydrogen) atoms. The number of phenolic OH excluding ortho intramolecular Hbond substituents is 2. The molecule has 0 fully saturated rings. The average molecular weight is 407 g/mol. The Balaban J connectivity index is 2.07. The van der Waals surface area contributed by atoms with Gasteiger partial charge in [0.15, 0.2) is 0 Å². The van der Waals surface area contributed by atoms with Gasteiger partial charge < -0.3 is 14.9 Å². The van der Waals surface area contributed by atoms with Crippen LogP contribution in [0.25, 0.3) is 12.2 Å². The van der Waals surface area contributed by atoms with Crippen molar-refractivity contribution in [2.24, 2.45) is 0 Å². The van der Waals surface area contributed by atoms with Crippen molar-refractivity contribution < 1.29 is 19.7 Å². The maximum atomic E-state index is 11.5. The summed E-state index contributed by atoms with van der Waals surface area (Å²) in [6.07, 6.45) is 10.3. The van der Waals surface area contributed by atoms with Gasteiger partial charge in [0.05, 0.1) is 12.7 Å². The van der Waals surface area contributed by atoms with E-state index in [9.17, 15) is 15.0 Å². The SMILES string of the molecule is COC(=O)c1ccc(C=Cc2cc(O)c(CC=C(C)CCC=C(C)C)c(O)c2)cc1. The van der Waals surface area contributed by atoms with Gasteiger partial charge in [0.2, 0.25) is 0 Å². The minimum absolute atomic E-state index is 0.0732. The van der Waals surface area contributed by atoms with Crippen LogP contribution >= 0.6 is 0 Å². The molecule has 0 unspecified atom stereocenters. The molecule has 2 rings (SSSR count). The van der Waals surface area contributed by atoms with Crippen molar-refractivity contribution in [1.29, 1.82) is 0 Å². The van der Waals surface area contributed by atoms with Crippen LogP contribution in [0.5, 0.6) is 11.5 Å². The molecule has 0 atom stereocenters. The minimum atomic E-state index is -0.378. The van der Waals surface area contributed by atoms with Gasteiger partial charge in [-0.05, 0) is 75.4 Å². The topological polar surface area (TPSA) is 66.8 Å². The van der Waals surface area contributed by atoms with Crippen LogP contribution in [-0.4, -0.2) is 23.3 Å². The highest BCUT2D eigenvalue weighted by Gasteiger charge is 2.08. The van der Waals surface area contributed by atoms with E-state index in [-0.39, 0.29) is 17.5 Å². The summed E-state index contributed by atoms with van der Waals surface area (Å²) >= 11 is 0. The highest BCUT2D eigenvalue weighted by Crippen LogP contribution is 2.31. The number of carbonyl (C=O) groups is 1. The van der Waals surface area contributed by atoms with Gasteiger partial charge in [-0.3, -0.25) is 0 Å². The van der Waals surface area contributed by atoms with Gasteiger partial charge >= 0.3 is 5.97 Å². The number of esters is 1. The summed E-state index contributed by atoms with van der Waals surface area (Å²) < 4.78 is 4.69. The number of rotatable bonds is 8. The van der Waals surface area contributed by atoms with Gasteiger partial charge in [-0.15, -0.1) is 0 Å². The number of carbonyl (C=O) groups excluding carboxylic acids is 1. The molecule has 0 bridgehead atoms. The van der Waals surface area contributed by atoms with Crippen LogP contribution in [0.15, 0.2) is 59.7 Å². The zero-order chi connectivity index (χ0) is 22.1. The summed E-state index contributed by atoms with van der Waals surface area (Å²) in [6, 6.07) is 10.3. The third-order valence-corrected chi connectivity index (χ3v) is 4.77. The lowest BCUT2D eigenvalue weighted by Crippen LogP contribution is -2.00. The summed E-state index contributed by atoms with van der Waals surface area (Å²) in [4.78, 5) is 11.5. The molecular formula is C26H30O4. The molecule has 2 aromatic rings. The van der Waals surface area contributed by atoms with Gasteiger partial charge in [-0.2, -0.15) is 0 Å². The molecule has 0 aliphatic rings. The largest absolute Gasteiger partial charge is 0.507 e. The van der Waals surface area contributed by atoms with Crippen molar-refractivity contribution in [1.82, 2.24) is 0 Å². The van der Waals surface area contributed by atoms with E-state index in [1.54, 1.807) is 42.5 Å². The Morgan fingerprint density at radius 2 is 1.53 bits per heavy atom. The van der Waals surface area contributed by atoms with Gasteiger partial charge in [0, 0.05) is 5.56 Å². The standard InChI is InChI=1S/C26H30O4/c1-18(2)6-5-7-19(3)8-15-23-24(27)16-21(17-25(23)28)10-9-20-11-13-22(14-12-20)26(29)30-4/h6,8-14,16-17,27-28H,5,7,15H2,1-4H3. The summed E-state index contributed by atoms with van der Waals surface area (Å²) in [5, 5.41) is 20.7. The van der Waals surface area contributed by atoms with Crippen molar-refractivity contribution in [3.8, 4) is 11.5 Å². The number of allylic oxidation sites excluding steroid dienone is 4. The first-order valence-electron chi connectivity index (χ1n) is 10.0. The molecule has 0 aromatic heterocycles. The van der Waals surface area contributed by atoms with Crippen LogP contribution in [0.2, 0.25) is 0 Å². The molecule has 4 heteroatoms. The molecule has 0 aliphatic carbocycles. The van der Waals surface area contributed by atoms with Crippen LogP contribution in [0.3, 0.4) is 0 Å². The molecule has 0 amide bonds. The van der Waals surface area contributed by atoms with Crippen molar-refractivity contribution >= 4 is 18.1 Å². The first-order valence-corrected chi connectivity index (χ1v) is 10.0. The first-order chi connectivity index (χ1) is 14.3.